The first-order valence-electron chi connectivity index (χ1n) is 7.75. The van der Waals surface area contributed by atoms with Gasteiger partial charge in [-0.15, -0.1) is 0 Å². The van der Waals surface area contributed by atoms with Crippen molar-refractivity contribution in [1.82, 2.24) is 4.98 Å². The van der Waals surface area contributed by atoms with E-state index in [4.69, 9.17) is 21.1 Å². The van der Waals surface area contributed by atoms with Crippen LogP contribution in [0.2, 0.25) is 5.02 Å². The predicted octanol–water partition coefficient (Wildman–Crippen LogP) is 5.47. The summed E-state index contributed by atoms with van der Waals surface area (Å²) in [6, 6.07) is 15.6. The van der Waals surface area contributed by atoms with E-state index in [0.717, 1.165) is 33.7 Å². The maximum Gasteiger partial charge on any atom is 0.161 e. The molecule has 3 aromatic rings. The van der Waals surface area contributed by atoms with Crippen molar-refractivity contribution in [3.05, 3.63) is 64.8 Å². The normalized spacial score (nSPS) is 11.1. The number of hydrogen-bond donors (Lipinski definition) is 0. The molecule has 0 atom stereocenters. The fourth-order valence-electron chi connectivity index (χ4n) is 2.45. The molecule has 0 spiro atoms. The molecule has 0 saturated carbocycles. The first-order chi connectivity index (χ1) is 11.7. The number of halogens is 1. The van der Waals surface area contributed by atoms with Gasteiger partial charge in [0.2, 0.25) is 0 Å². The highest BCUT2D eigenvalue weighted by atomic mass is 35.5. The molecule has 0 amide bonds. The Hall–Kier alpha value is -2.52. The molecule has 0 N–H and O–H groups in total. The number of nitrogens with zero attached hydrogens (tertiary/aromatic N) is 1. The zero-order valence-electron chi connectivity index (χ0n) is 13.6. The van der Waals surface area contributed by atoms with Crippen LogP contribution in [0, 0.1) is 0 Å². The Morgan fingerprint density at radius 1 is 1.00 bits per heavy atom. The number of aromatic nitrogens is 1. The molecule has 1 heterocycles. The lowest BCUT2D eigenvalue weighted by atomic mass is 10.1. The van der Waals surface area contributed by atoms with Gasteiger partial charge in [0.1, 0.15) is 0 Å². The highest BCUT2D eigenvalue weighted by molar-refractivity contribution is 6.31. The fourth-order valence-corrected chi connectivity index (χ4v) is 2.61. The number of benzene rings is 2. The average molecular weight is 340 g/mol. The van der Waals surface area contributed by atoms with E-state index in [-0.39, 0.29) is 0 Å². The van der Waals surface area contributed by atoms with Gasteiger partial charge in [-0.2, -0.15) is 0 Å². The Morgan fingerprint density at radius 3 is 2.62 bits per heavy atom. The summed E-state index contributed by atoms with van der Waals surface area (Å²) >= 11 is 6.04. The third-order valence-electron chi connectivity index (χ3n) is 3.61. The van der Waals surface area contributed by atoms with Crippen molar-refractivity contribution in [2.75, 3.05) is 13.7 Å². The standard InChI is InChI=1S/C20H18ClNO2/c1-3-24-20-12-14(5-11-19(20)23-2)4-9-17-10-7-15-6-8-16(21)13-18(15)22-17/h4-13H,3H2,1-2H3/b9-4+. The Balaban J connectivity index is 1.88. The zero-order valence-corrected chi connectivity index (χ0v) is 14.4. The summed E-state index contributed by atoms with van der Waals surface area (Å²) in [5, 5.41) is 1.76. The molecule has 3 rings (SSSR count). The third kappa shape index (κ3) is 3.69. The summed E-state index contributed by atoms with van der Waals surface area (Å²) in [4.78, 5) is 4.62. The van der Waals surface area contributed by atoms with E-state index in [1.165, 1.54) is 0 Å². The van der Waals surface area contributed by atoms with Gasteiger partial charge in [-0.1, -0.05) is 35.9 Å². The summed E-state index contributed by atoms with van der Waals surface area (Å²) in [7, 11) is 1.64. The Kier molecular flexibility index (Phi) is 5.02. The predicted molar refractivity (Wildman–Crippen MR) is 99.8 cm³/mol. The van der Waals surface area contributed by atoms with Gasteiger partial charge < -0.3 is 9.47 Å². The Labute approximate surface area is 146 Å². The first-order valence-corrected chi connectivity index (χ1v) is 8.12. The maximum absolute atomic E-state index is 6.04. The minimum absolute atomic E-state index is 0.594. The van der Waals surface area contributed by atoms with Crippen molar-refractivity contribution in [2.24, 2.45) is 0 Å². The van der Waals surface area contributed by atoms with Crippen molar-refractivity contribution < 1.29 is 9.47 Å². The summed E-state index contributed by atoms with van der Waals surface area (Å²) in [5.74, 6) is 1.47. The van der Waals surface area contributed by atoms with E-state index in [0.29, 0.717) is 11.6 Å². The Morgan fingerprint density at radius 2 is 1.83 bits per heavy atom. The van der Waals surface area contributed by atoms with Gasteiger partial charge in [-0.25, -0.2) is 4.98 Å². The molecule has 122 valence electrons. The van der Waals surface area contributed by atoms with Gasteiger partial charge in [-0.05, 0) is 48.9 Å². The van der Waals surface area contributed by atoms with Crippen LogP contribution >= 0.6 is 11.6 Å². The molecule has 0 radical (unpaired) electrons. The quantitative estimate of drug-likeness (QED) is 0.618. The number of hydrogen-bond acceptors (Lipinski definition) is 3. The Bertz CT molecular complexity index is 890. The van der Waals surface area contributed by atoms with Crippen LogP contribution in [0.25, 0.3) is 23.1 Å². The van der Waals surface area contributed by atoms with E-state index in [1.807, 2.05) is 67.6 Å². The van der Waals surface area contributed by atoms with E-state index >= 15 is 0 Å². The second-order valence-corrected chi connectivity index (χ2v) is 5.69. The molecule has 24 heavy (non-hydrogen) atoms. The van der Waals surface area contributed by atoms with Crippen LogP contribution < -0.4 is 9.47 Å². The molecule has 0 fully saturated rings. The highest BCUT2D eigenvalue weighted by Crippen LogP contribution is 2.28. The third-order valence-corrected chi connectivity index (χ3v) is 3.84. The molecule has 4 heteroatoms. The monoisotopic (exact) mass is 339 g/mol. The fraction of sp³-hybridized carbons (Fsp3) is 0.150. The van der Waals surface area contributed by atoms with Gasteiger partial charge >= 0.3 is 0 Å². The second kappa shape index (κ2) is 7.37. The van der Waals surface area contributed by atoms with Crippen molar-refractivity contribution in [3.63, 3.8) is 0 Å². The molecule has 2 aromatic carbocycles. The van der Waals surface area contributed by atoms with Crippen LogP contribution in [-0.4, -0.2) is 18.7 Å². The van der Waals surface area contributed by atoms with Gasteiger partial charge in [0, 0.05) is 10.4 Å². The zero-order chi connectivity index (χ0) is 16.9. The molecule has 0 aliphatic rings. The average Bonchev–Trinajstić information content (AvgIpc) is 2.60. The van der Waals surface area contributed by atoms with E-state index in [9.17, 15) is 0 Å². The van der Waals surface area contributed by atoms with E-state index in [1.54, 1.807) is 7.11 Å². The number of rotatable bonds is 5. The van der Waals surface area contributed by atoms with E-state index in [2.05, 4.69) is 4.98 Å². The largest absolute Gasteiger partial charge is 0.493 e. The lowest BCUT2D eigenvalue weighted by Crippen LogP contribution is -1.95. The molecule has 0 bridgehead atoms. The number of methoxy groups -OCH3 is 1. The van der Waals surface area contributed by atoms with Crippen molar-refractivity contribution in [2.45, 2.75) is 6.92 Å². The van der Waals surface area contributed by atoms with Crippen LogP contribution in [0.15, 0.2) is 48.5 Å². The summed E-state index contributed by atoms with van der Waals surface area (Å²) in [6.45, 7) is 2.54. The summed E-state index contributed by atoms with van der Waals surface area (Å²) < 4.78 is 10.9. The van der Waals surface area contributed by atoms with Gasteiger partial charge in [0.25, 0.3) is 0 Å². The molecule has 1 aromatic heterocycles. The molecule has 0 saturated heterocycles. The number of fused-ring (bicyclic) bond motifs is 1. The highest BCUT2D eigenvalue weighted by Gasteiger charge is 2.04. The van der Waals surface area contributed by atoms with Crippen molar-refractivity contribution in [1.29, 1.82) is 0 Å². The van der Waals surface area contributed by atoms with Crippen LogP contribution in [0.3, 0.4) is 0 Å². The minimum Gasteiger partial charge on any atom is -0.493 e. The van der Waals surface area contributed by atoms with Crippen LogP contribution in [0.4, 0.5) is 0 Å². The van der Waals surface area contributed by atoms with Gasteiger partial charge in [-0.3, -0.25) is 0 Å². The molecule has 0 unspecified atom stereocenters. The maximum atomic E-state index is 6.04. The van der Waals surface area contributed by atoms with Crippen molar-refractivity contribution in [3.8, 4) is 11.5 Å². The van der Waals surface area contributed by atoms with Gasteiger partial charge in [0.05, 0.1) is 24.9 Å². The van der Waals surface area contributed by atoms with E-state index < -0.39 is 0 Å². The summed E-state index contributed by atoms with van der Waals surface area (Å²) in [6.07, 6.45) is 3.97. The molecule has 0 aliphatic carbocycles. The summed E-state index contributed by atoms with van der Waals surface area (Å²) in [5.41, 5.74) is 2.78. The number of ether oxygens (including phenoxy) is 2. The first kappa shape index (κ1) is 16.3. The molecular weight excluding hydrogens is 322 g/mol. The van der Waals surface area contributed by atoms with Crippen LogP contribution in [0.1, 0.15) is 18.2 Å². The lowest BCUT2D eigenvalue weighted by Gasteiger charge is -2.09. The lowest BCUT2D eigenvalue weighted by molar-refractivity contribution is 0.311. The number of pyridine rings is 1. The van der Waals surface area contributed by atoms with Crippen LogP contribution in [-0.2, 0) is 0 Å². The smallest absolute Gasteiger partial charge is 0.161 e. The van der Waals surface area contributed by atoms with Crippen molar-refractivity contribution >= 4 is 34.7 Å². The van der Waals surface area contributed by atoms with Gasteiger partial charge in [0.15, 0.2) is 11.5 Å². The minimum atomic E-state index is 0.594. The topological polar surface area (TPSA) is 31.4 Å². The second-order valence-electron chi connectivity index (χ2n) is 5.25. The SMILES string of the molecule is CCOc1cc(/C=C/c2ccc3ccc(Cl)cc3n2)ccc1OC. The van der Waals surface area contributed by atoms with Crippen LogP contribution in [0.5, 0.6) is 11.5 Å². The molecule has 0 aliphatic heterocycles. The molecular formula is C20H18ClNO2. The molecule has 3 nitrogen and oxygen atoms in total.